The molecule has 5 heterocycles. The van der Waals surface area contributed by atoms with Crippen LogP contribution in [0.4, 0.5) is 5.82 Å². The standard InChI is InChI=1S/C30H39N5O2S/c1-20(2)33-29(36)27-25(22-8-4-3-5-9-22)26-28(31-19-32-30(26)38-27)35-23-10-11-24(35)17-21(16-23)18-37-15-14-34-12-6-7-13-34/h3-5,8-9,19-21,23-24H,6-7,10-18H2,1-2H3,(H,33,36). The van der Waals surface area contributed by atoms with Gasteiger partial charge >= 0.3 is 0 Å². The van der Waals surface area contributed by atoms with Crippen LogP contribution in [0.3, 0.4) is 0 Å². The Hall–Kier alpha value is -2.55. The van der Waals surface area contributed by atoms with Gasteiger partial charge in [-0.1, -0.05) is 30.3 Å². The van der Waals surface area contributed by atoms with Crippen molar-refractivity contribution in [3.8, 4) is 11.1 Å². The third-order valence-electron chi connectivity index (χ3n) is 8.34. The van der Waals surface area contributed by atoms with E-state index < -0.39 is 0 Å². The first-order chi connectivity index (χ1) is 18.6. The van der Waals surface area contributed by atoms with Crippen molar-refractivity contribution in [2.24, 2.45) is 5.92 Å². The van der Waals surface area contributed by atoms with Crippen LogP contribution in [-0.4, -0.2) is 71.7 Å². The normalized spacial score (nSPS) is 23.6. The molecule has 202 valence electrons. The largest absolute Gasteiger partial charge is 0.380 e. The second-order valence-corrected chi connectivity index (χ2v) is 12.4. The summed E-state index contributed by atoms with van der Waals surface area (Å²) in [5.74, 6) is 1.55. The van der Waals surface area contributed by atoms with Gasteiger partial charge in [0.05, 0.1) is 12.0 Å². The molecule has 2 bridgehead atoms. The van der Waals surface area contributed by atoms with Crippen LogP contribution in [0.15, 0.2) is 36.7 Å². The van der Waals surface area contributed by atoms with E-state index in [1.54, 1.807) is 6.33 Å². The highest BCUT2D eigenvalue weighted by Gasteiger charge is 2.42. The number of aromatic nitrogens is 2. The zero-order valence-corrected chi connectivity index (χ0v) is 23.4. The Morgan fingerprint density at radius 2 is 1.84 bits per heavy atom. The molecule has 3 aliphatic heterocycles. The quantitative estimate of drug-likeness (QED) is 0.374. The minimum Gasteiger partial charge on any atom is -0.380 e. The van der Waals surface area contributed by atoms with Crippen LogP contribution >= 0.6 is 11.3 Å². The van der Waals surface area contributed by atoms with Crippen molar-refractivity contribution in [2.75, 3.05) is 37.7 Å². The number of benzene rings is 1. The van der Waals surface area contributed by atoms with Crippen LogP contribution < -0.4 is 10.2 Å². The van der Waals surface area contributed by atoms with Gasteiger partial charge in [0, 0.05) is 36.8 Å². The van der Waals surface area contributed by atoms with E-state index in [1.165, 1.54) is 50.1 Å². The first-order valence-electron chi connectivity index (χ1n) is 14.3. The summed E-state index contributed by atoms with van der Waals surface area (Å²) in [7, 11) is 0. The van der Waals surface area contributed by atoms with Crippen molar-refractivity contribution in [2.45, 2.75) is 70.5 Å². The van der Waals surface area contributed by atoms with Crippen LogP contribution in [0, 0.1) is 5.92 Å². The number of carbonyl (C=O) groups is 1. The number of fused-ring (bicyclic) bond motifs is 3. The molecule has 0 radical (unpaired) electrons. The highest BCUT2D eigenvalue weighted by Crippen LogP contribution is 2.47. The predicted molar refractivity (Wildman–Crippen MR) is 154 cm³/mol. The minimum atomic E-state index is -0.0411. The maximum absolute atomic E-state index is 13.3. The smallest absolute Gasteiger partial charge is 0.262 e. The summed E-state index contributed by atoms with van der Waals surface area (Å²) in [6.45, 7) is 9.23. The molecule has 2 unspecified atom stereocenters. The van der Waals surface area contributed by atoms with Crippen molar-refractivity contribution in [3.05, 3.63) is 41.5 Å². The van der Waals surface area contributed by atoms with Gasteiger partial charge in [-0.2, -0.15) is 0 Å². The van der Waals surface area contributed by atoms with E-state index in [0.717, 1.165) is 64.6 Å². The Balaban J connectivity index is 1.26. The zero-order valence-electron chi connectivity index (χ0n) is 22.6. The molecule has 3 aromatic rings. The van der Waals surface area contributed by atoms with Gasteiger partial charge in [0.15, 0.2) is 0 Å². The van der Waals surface area contributed by atoms with Gasteiger partial charge in [0.25, 0.3) is 5.91 Å². The summed E-state index contributed by atoms with van der Waals surface area (Å²) >= 11 is 1.48. The molecule has 1 amide bonds. The number of ether oxygens (including phenoxy) is 1. The van der Waals surface area contributed by atoms with Crippen molar-refractivity contribution in [3.63, 3.8) is 0 Å². The summed E-state index contributed by atoms with van der Waals surface area (Å²) in [5.41, 5.74) is 2.00. The molecule has 3 aliphatic rings. The number of thiophene rings is 1. The second-order valence-electron chi connectivity index (χ2n) is 11.4. The fourth-order valence-electron chi connectivity index (χ4n) is 6.70. The number of amides is 1. The summed E-state index contributed by atoms with van der Waals surface area (Å²) in [6, 6.07) is 11.2. The predicted octanol–water partition coefficient (Wildman–Crippen LogP) is 5.36. The van der Waals surface area contributed by atoms with Crippen molar-refractivity contribution in [1.29, 1.82) is 0 Å². The maximum atomic E-state index is 13.3. The SMILES string of the molecule is CC(C)NC(=O)c1sc2ncnc(N3C4CCC3CC(COCCN3CCCC3)C4)c2c1-c1ccccc1. The fraction of sp³-hybridized carbons (Fsp3) is 0.567. The Morgan fingerprint density at radius 3 is 2.55 bits per heavy atom. The number of piperidine rings is 1. The van der Waals surface area contributed by atoms with Gasteiger partial charge in [-0.15, -0.1) is 11.3 Å². The first-order valence-corrected chi connectivity index (χ1v) is 15.1. The molecule has 1 aromatic carbocycles. The molecule has 2 aromatic heterocycles. The minimum absolute atomic E-state index is 0.0411. The van der Waals surface area contributed by atoms with Crippen molar-refractivity contribution >= 4 is 33.3 Å². The van der Waals surface area contributed by atoms with Crippen LogP contribution in [0.25, 0.3) is 21.3 Å². The van der Waals surface area contributed by atoms with E-state index in [4.69, 9.17) is 9.72 Å². The average Bonchev–Trinajstić information content (AvgIpc) is 3.63. The molecule has 38 heavy (non-hydrogen) atoms. The Bertz CT molecular complexity index is 1240. The molecule has 3 saturated heterocycles. The highest BCUT2D eigenvalue weighted by atomic mass is 32.1. The van der Waals surface area contributed by atoms with Crippen LogP contribution in [0.1, 0.15) is 62.0 Å². The van der Waals surface area contributed by atoms with E-state index >= 15 is 0 Å². The molecule has 0 spiro atoms. The van der Waals surface area contributed by atoms with Crippen LogP contribution in [-0.2, 0) is 4.74 Å². The molecule has 8 heteroatoms. The lowest BCUT2D eigenvalue weighted by molar-refractivity contribution is 0.0700. The van der Waals surface area contributed by atoms with Crippen molar-refractivity contribution in [1.82, 2.24) is 20.2 Å². The number of nitrogens with zero attached hydrogens (tertiary/aromatic N) is 4. The number of rotatable bonds is 9. The Kier molecular flexibility index (Phi) is 7.63. The monoisotopic (exact) mass is 533 g/mol. The maximum Gasteiger partial charge on any atom is 0.262 e. The van der Waals surface area contributed by atoms with Crippen LogP contribution in [0.2, 0.25) is 0 Å². The lowest BCUT2D eigenvalue weighted by Crippen LogP contribution is -2.44. The molecule has 1 N–H and O–H groups in total. The zero-order chi connectivity index (χ0) is 26.1. The summed E-state index contributed by atoms with van der Waals surface area (Å²) in [4.78, 5) is 29.5. The fourth-order valence-corrected chi connectivity index (χ4v) is 7.77. The number of nitrogens with one attached hydrogen (secondary N) is 1. The van der Waals surface area contributed by atoms with Crippen LogP contribution in [0.5, 0.6) is 0 Å². The summed E-state index contributed by atoms with van der Waals surface area (Å²) < 4.78 is 6.18. The van der Waals surface area contributed by atoms with E-state index in [9.17, 15) is 4.79 Å². The molecule has 3 fully saturated rings. The third-order valence-corrected chi connectivity index (χ3v) is 9.43. The lowest BCUT2D eigenvalue weighted by Gasteiger charge is -2.40. The average molecular weight is 534 g/mol. The van der Waals surface area contributed by atoms with Gasteiger partial charge in [-0.05, 0) is 76.9 Å². The van der Waals surface area contributed by atoms with Gasteiger partial charge in [-0.3, -0.25) is 4.79 Å². The number of hydrogen-bond acceptors (Lipinski definition) is 7. The third kappa shape index (κ3) is 5.18. The molecule has 0 saturated carbocycles. The molecular formula is C30H39N5O2S. The Morgan fingerprint density at radius 1 is 1.11 bits per heavy atom. The molecule has 0 aliphatic carbocycles. The summed E-state index contributed by atoms with van der Waals surface area (Å²) in [6.07, 6.45) is 8.99. The van der Waals surface area contributed by atoms with Gasteiger partial charge in [0.1, 0.15) is 21.9 Å². The number of likely N-dealkylation sites (tertiary alicyclic amines) is 1. The van der Waals surface area contributed by atoms with E-state index in [1.807, 2.05) is 32.0 Å². The number of anilines is 1. The van der Waals surface area contributed by atoms with E-state index in [-0.39, 0.29) is 11.9 Å². The first kappa shape index (κ1) is 25.7. The van der Waals surface area contributed by atoms with Gasteiger partial charge in [0.2, 0.25) is 0 Å². The molecule has 7 nitrogen and oxygen atoms in total. The lowest BCUT2D eigenvalue weighted by atomic mass is 9.91. The van der Waals surface area contributed by atoms with E-state index in [0.29, 0.717) is 18.0 Å². The molecular weight excluding hydrogens is 494 g/mol. The Labute approximate surface area is 229 Å². The molecule has 6 rings (SSSR count). The van der Waals surface area contributed by atoms with Gasteiger partial charge in [-0.25, -0.2) is 9.97 Å². The highest BCUT2D eigenvalue weighted by molar-refractivity contribution is 7.21. The second kappa shape index (κ2) is 11.3. The topological polar surface area (TPSA) is 70.6 Å². The number of carbonyl (C=O) groups excluding carboxylic acids is 1. The van der Waals surface area contributed by atoms with Crippen molar-refractivity contribution < 1.29 is 9.53 Å². The summed E-state index contributed by atoms with van der Waals surface area (Å²) in [5, 5.41) is 4.12. The molecule has 2 atom stereocenters. The number of hydrogen-bond donors (Lipinski definition) is 1. The van der Waals surface area contributed by atoms with E-state index in [2.05, 4.69) is 32.2 Å². The van der Waals surface area contributed by atoms with Gasteiger partial charge < -0.3 is 19.9 Å².